The third-order valence-electron chi connectivity index (χ3n) is 8.79. The average Bonchev–Trinajstić information content (AvgIpc) is 3.69. The Balaban J connectivity index is 1.32. The summed E-state index contributed by atoms with van der Waals surface area (Å²) in [6.07, 6.45) is 7.83. The Labute approximate surface area is 237 Å². The van der Waals surface area contributed by atoms with Gasteiger partial charge in [0.25, 0.3) is 0 Å². The van der Waals surface area contributed by atoms with E-state index >= 15 is 0 Å². The maximum Gasteiger partial charge on any atom is 0.223 e. The molecule has 1 aliphatic heterocycles. The number of primary amides is 1. The zero-order chi connectivity index (χ0) is 28.0. The molecule has 3 aromatic rings. The fraction of sp³-hybridized carbons (Fsp3) is 0.483. The van der Waals surface area contributed by atoms with E-state index in [0.29, 0.717) is 34.2 Å². The highest BCUT2D eigenvalue weighted by atomic mass is 35.5. The first-order valence-electron chi connectivity index (χ1n) is 13.8. The third-order valence-corrected chi connectivity index (χ3v) is 9.07. The molecule has 6 N–H and O–H groups in total. The lowest BCUT2D eigenvalue weighted by molar-refractivity contribution is -0.122. The molecule has 0 unspecified atom stereocenters. The first kappa shape index (κ1) is 27.0. The molecule has 40 heavy (non-hydrogen) atoms. The highest BCUT2D eigenvalue weighted by Gasteiger charge is 2.47. The zero-order valence-electron chi connectivity index (χ0n) is 22.4. The number of carbonyl (C=O) groups excluding carboxylic acids is 1. The van der Waals surface area contributed by atoms with Gasteiger partial charge in [-0.05, 0) is 73.9 Å². The van der Waals surface area contributed by atoms with Gasteiger partial charge in [0.1, 0.15) is 17.1 Å². The number of fused-ring (bicyclic) bond motifs is 3. The van der Waals surface area contributed by atoms with Crippen molar-refractivity contribution in [3.8, 4) is 17.1 Å². The number of nitrogens with zero attached hydrogens (tertiary/aromatic N) is 3. The lowest BCUT2D eigenvalue weighted by Crippen LogP contribution is -2.41. The Morgan fingerprint density at radius 3 is 2.80 bits per heavy atom. The molecule has 3 aliphatic rings. The first-order valence-corrected chi connectivity index (χ1v) is 14.2. The Morgan fingerprint density at radius 1 is 1.30 bits per heavy atom. The van der Waals surface area contributed by atoms with Gasteiger partial charge in [0.15, 0.2) is 5.65 Å². The largest absolute Gasteiger partial charge is 0.497 e. The number of rotatable bonds is 9. The lowest BCUT2D eigenvalue weighted by Gasteiger charge is -2.33. The summed E-state index contributed by atoms with van der Waals surface area (Å²) in [7, 11) is 1.66. The van der Waals surface area contributed by atoms with E-state index in [0.717, 1.165) is 49.2 Å². The van der Waals surface area contributed by atoms with Gasteiger partial charge in [-0.3, -0.25) is 4.79 Å². The SMILES string of the molecule is COc1ccc(-c2nc3c(N[C@H]4[C@@H](C(N)=O)[C@@H]5C=C[C@H]4C5)c(Cl)cnc3[nH]2)c(C2CCN(C[C@H](O)CO)CC2)c1. The number of allylic oxidation sites excluding steroid dienone is 1. The van der Waals surface area contributed by atoms with E-state index in [1.807, 2.05) is 12.1 Å². The van der Waals surface area contributed by atoms with Crippen LogP contribution in [-0.4, -0.2) is 81.5 Å². The summed E-state index contributed by atoms with van der Waals surface area (Å²) in [5, 5.41) is 23.0. The van der Waals surface area contributed by atoms with Crippen LogP contribution in [0.1, 0.15) is 30.7 Å². The van der Waals surface area contributed by atoms with Crippen molar-refractivity contribution < 1.29 is 19.7 Å². The first-order chi connectivity index (χ1) is 19.4. The minimum Gasteiger partial charge on any atom is -0.497 e. The van der Waals surface area contributed by atoms with Crippen LogP contribution in [0.4, 0.5) is 5.69 Å². The number of hydrogen-bond acceptors (Lipinski definition) is 8. The van der Waals surface area contributed by atoms with E-state index < -0.39 is 6.10 Å². The van der Waals surface area contributed by atoms with Gasteiger partial charge in [-0.2, -0.15) is 0 Å². The minimum absolute atomic E-state index is 0.144. The van der Waals surface area contributed by atoms with Gasteiger partial charge in [0.05, 0.1) is 42.6 Å². The van der Waals surface area contributed by atoms with E-state index in [1.165, 1.54) is 0 Å². The summed E-state index contributed by atoms with van der Waals surface area (Å²) in [5.74, 6) is 1.47. The number of H-pyrrole nitrogens is 1. The maximum atomic E-state index is 12.3. The highest BCUT2D eigenvalue weighted by molar-refractivity contribution is 6.34. The number of piperidine rings is 1. The smallest absolute Gasteiger partial charge is 0.223 e. The summed E-state index contributed by atoms with van der Waals surface area (Å²) >= 11 is 6.65. The number of aliphatic hydroxyl groups is 2. The number of likely N-dealkylation sites (tertiary alicyclic amines) is 1. The predicted octanol–water partition coefficient (Wildman–Crippen LogP) is 2.91. The molecule has 0 radical (unpaired) electrons. The van der Waals surface area contributed by atoms with E-state index in [9.17, 15) is 15.0 Å². The van der Waals surface area contributed by atoms with Crippen LogP contribution >= 0.6 is 11.6 Å². The summed E-state index contributed by atoms with van der Waals surface area (Å²) in [4.78, 5) is 27.4. The maximum absolute atomic E-state index is 12.3. The van der Waals surface area contributed by atoms with E-state index in [4.69, 9.17) is 27.1 Å². The standard InChI is InChI=1S/C29H35ClN6O4/c1-40-19-4-5-20(21(11-19)15-6-8-36(9-7-15)13-18(38)14-37)28-34-26-25(22(30)12-32-29(26)35-28)33-24-17-3-2-16(10-17)23(24)27(31)39/h2-5,11-12,15-18,23-24,37-38H,6-10,13-14H2,1H3,(H2,31,39)(H2,32,33,34,35)/t16-,17+,18+,23+,24-/m1/s1. The van der Waals surface area contributed by atoms with Crippen LogP contribution in [-0.2, 0) is 4.79 Å². The Morgan fingerprint density at radius 2 is 2.08 bits per heavy atom. The Hall–Kier alpha value is -3.18. The van der Waals surface area contributed by atoms with Crippen molar-refractivity contribution in [1.82, 2.24) is 19.9 Å². The molecular weight excluding hydrogens is 532 g/mol. The number of methoxy groups -OCH3 is 1. The molecular formula is C29H35ClN6O4. The minimum atomic E-state index is -0.727. The number of nitrogens with two attached hydrogens (primary N) is 1. The van der Waals surface area contributed by atoms with E-state index in [1.54, 1.807) is 13.3 Å². The van der Waals surface area contributed by atoms with Gasteiger partial charge < -0.3 is 35.9 Å². The van der Waals surface area contributed by atoms with Crippen molar-refractivity contribution in [3.63, 3.8) is 0 Å². The second kappa shape index (κ2) is 11.0. The summed E-state index contributed by atoms with van der Waals surface area (Å²) in [5.41, 5.74) is 9.76. The van der Waals surface area contributed by atoms with Crippen LogP contribution in [0.3, 0.4) is 0 Å². The number of nitrogens with one attached hydrogen (secondary N) is 2. The number of β-amino-alcohol motifs (C(OH)–C–C–N with tert-alkyl or cyclic N) is 1. The molecule has 6 rings (SSSR count). The van der Waals surface area contributed by atoms with Gasteiger partial charge in [0.2, 0.25) is 5.91 Å². The molecule has 10 nitrogen and oxygen atoms in total. The van der Waals surface area contributed by atoms with Gasteiger partial charge in [-0.1, -0.05) is 23.8 Å². The third kappa shape index (κ3) is 4.94. The van der Waals surface area contributed by atoms with Crippen molar-refractivity contribution in [3.05, 3.63) is 47.1 Å². The molecule has 2 aliphatic carbocycles. The molecule has 2 bridgehead atoms. The van der Waals surface area contributed by atoms with Gasteiger partial charge in [-0.25, -0.2) is 9.97 Å². The van der Waals surface area contributed by atoms with E-state index in [2.05, 4.69) is 38.4 Å². The number of pyridine rings is 1. The zero-order valence-corrected chi connectivity index (χ0v) is 23.1. The highest BCUT2D eigenvalue weighted by Crippen LogP contribution is 2.46. The van der Waals surface area contributed by atoms with Crippen molar-refractivity contribution in [1.29, 1.82) is 0 Å². The van der Waals surface area contributed by atoms with Gasteiger partial charge in [-0.15, -0.1) is 0 Å². The Bertz CT molecular complexity index is 1440. The molecule has 5 atom stereocenters. The number of aromatic nitrogens is 3. The molecule has 1 aromatic carbocycles. The van der Waals surface area contributed by atoms with E-state index in [-0.39, 0.29) is 42.2 Å². The number of hydrogen-bond donors (Lipinski definition) is 5. The predicted molar refractivity (Wildman–Crippen MR) is 153 cm³/mol. The average molecular weight is 567 g/mol. The van der Waals surface area contributed by atoms with Crippen LogP contribution in [0.2, 0.25) is 5.02 Å². The normalized spacial score (nSPS) is 25.5. The molecule has 1 amide bonds. The molecule has 11 heteroatoms. The summed E-state index contributed by atoms with van der Waals surface area (Å²) in [6, 6.07) is 5.87. The van der Waals surface area contributed by atoms with Crippen molar-refractivity contribution in [2.75, 3.05) is 38.7 Å². The second-order valence-electron chi connectivity index (χ2n) is 11.2. The number of aromatic amines is 1. The molecule has 0 spiro atoms. The number of anilines is 1. The van der Waals surface area contributed by atoms with Crippen LogP contribution in [0.5, 0.6) is 5.75 Å². The van der Waals surface area contributed by atoms with Crippen molar-refractivity contribution in [2.45, 2.75) is 37.3 Å². The number of imidazole rings is 1. The number of benzene rings is 1. The van der Waals surface area contributed by atoms with Gasteiger partial charge >= 0.3 is 0 Å². The topological polar surface area (TPSA) is 150 Å². The fourth-order valence-electron chi connectivity index (χ4n) is 6.77. The number of carbonyl (C=O) groups is 1. The van der Waals surface area contributed by atoms with Crippen molar-refractivity contribution in [2.24, 2.45) is 23.5 Å². The van der Waals surface area contributed by atoms with Crippen molar-refractivity contribution >= 4 is 34.4 Å². The van der Waals surface area contributed by atoms with Crippen LogP contribution in [0, 0.1) is 17.8 Å². The monoisotopic (exact) mass is 566 g/mol. The molecule has 3 heterocycles. The second-order valence-corrected chi connectivity index (χ2v) is 11.6. The quantitative estimate of drug-likeness (QED) is 0.248. The molecule has 212 valence electrons. The molecule has 2 aromatic heterocycles. The van der Waals surface area contributed by atoms with Crippen LogP contribution in [0.15, 0.2) is 36.5 Å². The molecule has 1 saturated heterocycles. The van der Waals surface area contributed by atoms with Crippen LogP contribution < -0.4 is 15.8 Å². The Kier molecular flexibility index (Phi) is 7.43. The van der Waals surface area contributed by atoms with Gasteiger partial charge in [0, 0.05) is 18.2 Å². The van der Waals surface area contributed by atoms with Crippen LogP contribution in [0.25, 0.3) is 22.6 Å². The molecule has 2 fully saturated rings. The fourth-order valence-corrected chi connectivity index (χ4v) is 6.97. The lowest BCUT2D eigenvalue weighted by atomic mass is 9.86. The summed E-state index contributed by atoms with van der Waals surface area (Å²) in [6.45, 7) is 1.88. The number of ether oxygens (including phenoxy) is 1. The number of amides is 1. The molecule has 1 saturated carbocycles. The summed E-state index contributed by atoms with van der Waals surface area (Å²) < 4.78 is 5.56. The number of aliphatic hydroxyl groups excluding tert-OH is 2. The number of halogens is 1.